The Hall–Kier alpha value is -4.23. The molecule has 3 aliphatic rings. The largest absolute Gasteiger partial charge is 0.462 e. The van der Waals surface area contributed by atoms with Crippen molar-refractivity contribution in [1.29, 1.82) is 0 Å². The van der Waals surface area contributed by atoms with Crippen LogP contribution in [0, 0.1) is 13.5 Å². The van der Waals surface area contributed by atoms with Gasteiger partial charge in [0.25, 0.3) is 0 Å². The van der Waals surface area contributed by atoms with Crippen molar-refractivity contribution >= 4 is 28.2 Å². The van der Waals surface area contributed by atoms with Crippen molar-refractivity contribution in [2.24, 2.45) is 0 Å². The molecule has 4 heterocycles. The average Bonchev–Trinajstić information content (AvgIpc) is 3.02. The van der Waals surface area contributed by atoms with Crippen LogP contribution in [0.15, 0.2) is 48.6 Å². The summed E-state index contributed by atoms with van der Waals surface area (Å²) in [6.07, 6.45) is 4.35. The minimum Gasteiger partial charge on any atom is -0.462 e. The normalized spacial score (nSPS) is 20.4. The lowest BCUT2D eigenvalue weighted by molar-refractivity contribution is -0.128. The zero-order valence-electron chi connectivity index (χ0n) is 26.5. The fourth-order valence-electron chi connectivity index (χ4n) is 7.02. The van der Waals surface area contributed by atoms with Gasteiger partial charge in [-0.05, 0) is 56.7 Å². The highest BCUT2D eigenvalue weighted by molar-refractivity contribution is 5.97. The van der Waals surface area contributed by atoms with Gasteiger partial charge < -0.3 is 24.3 Å². The summed E-state index contributed by atoms with van der Waals surface area (Å²) >= 11 is 0. The molecule has 3 aliphatic heterocycles. The summed E-state index contributed by atoms with van der Waals surface area (Å²) in [7, 11) is 0. The number of allylic oxidation sites excluding steroid dienone is 1. The SMILES string of the molecule is [C-]#[N+]C[C@H]1CN(c2nc(OCC3CCN3C(C)C)nc3c2CCN(c2cccc4cccc(C)c24)C3)CCN1C(=O)/C=C/CF. The van der Waals surface area contributed by atoms with Gasteiger partial charge in [0.2, 0.25) is 12.5 Å². The van der Waals surface area contributed by atoms with Crippen molar-refractivity contribution in [3.05, 3.63) is 76.8 Å². The fourth-order valence-corrected chi connectivity index (χ4v) is 7.02. The standard InChI is InChI=1S/C35H42FN7O2/c1-24(2)42-17-13-27(42)23-45-35-38-30-22-40(31-11-6-10-26-9-5-8-25(3)33(26)31)16-14-29(30)34(39-35)41-18-19-43(28(21-41)20-37-4)32(44)12-7-15-36/h5-12,24,27-28H,13-23H2,1-3H3/b12-7+/t27?,28-/m0/s1. The van der Waals surface area contributed by atoms with Crippen LogP contribution in [0.1, 0.15) is 37.1 Å². The number of amides is 1. The van der Waals surface area contributed by atoms with E-state index in [4.69, 9.17) is 21.3 Å². The van der Waals surface area contributed by atoms with Gasteiger partial charge in [0.15, 0.2) is 0 Å². The molecule has 3 aromatic rings. The number of hydrogen-bond acceptors (Lipinski definition) is 7. The van der Waals surface area contributed by atoms with Crippen LogP contribution >= 0.6 is 0 Å². The third kappa shape index (κ3) is 6.32. The first-order valence-corrected chi connectivity index (χ1v) is 16.0. The molecule has 0 aliphatic carbocycles. The molecule has 6 rings (SSSR count). The number of ether oxygens (including phenoxy) is 1. The molecule has 0 N–H and O–H groups in total. The third-order valence-corrected chi connectivity index (χ3v) is 9.43. The fraction of sp³-hybridized carbons (Fsp3) is 0.486. The molecule has 2 atom stereocenters. The van der Waals surface area contributed by atoms with Crippen molar-refractivity contribution in [1.82, 2.24) is 19.8 Å². The third-order valence-electron chi connectivity index (χ3n) is 9.43. The van der Waals surface area contributed by atoms with Crippen molar-refractivity contribution in [2.45, 2.75) is 58.3 Å². The van der Waals surface area contributed by atoms with E-state index in [9.17, 15) is 9.18 Å². The first kappa shape index (κ1) is 30.8. The van der Waals surface area contributed by atoms with Crippen LogP contribution in [-0.2, 0) is 17.8 Å². The molecule has 2 saturated heterocycles. The van der Waals surface area contributed by atoms with Crippen LogP contribution < -0.4 is 14.5 Å². The van der Waals surface area contributed by atoms with E-state index in [0.717, 1.165) is 43.0 Å². The van der Waals surface area contributed by atoms with E-state index >= 15 is 0 Å². The Morgan fingerprint density at radius 1 is 1.11 bits per heavy atom. The molecule has 45 heavy (non-hydrogen) atoms. The minimum absolute atomic E-state index is 0.170. The Morgan fingerprint density at radius 2 is 1.93 bits per heavy atom. The van der Waals surface area contributed by atoms with Crippen LogP contribution in [0.5, 0.6) is 6.01 Å². The van der Waals surface area contributed by atoms with E-state index in [2.05, 4.69) is 76.7 Å². The second-order valence-electron chi connectivity index (χ2n) is 12.5. The number of anilines is 2. The van der Waals surface area contributed by atoms with Gasteiger partial charge in [-0.2, -0.15) is 9.97 Å². The minimum atomic E-state index is -0.694. The molecule has 2 aromatic carbocycles. The Balaban J connectivity index is 1.32. The van der Waals surface area contributed by atoms with Crippen LogP contribution in [0.4, 0.5) is 15.9 Å². The maximum absolute atomic E-state index is 12.8. The molecule has 1 amide bonds. The maximum Gasteiger partial charge on any atom is 0.318 e. The van der Waals surface area contributed by atoms with Gasteiger partial charge in [-0.1, -0.05) is 30.3 Å². The Morgan fingerprint density at radius 3 is 2.67 bits per heavy atom. The van der Waals surface area contributed by atoms with E-state index in [0.29, 0.717) is 50.9 Å². The number of alkyl halides is 1. The molecule has 0 bridgehead atoms. The molecule has 1 aromatic heterocycles. The van der Waals surface area contributed by atoms with Crippen molar-refractivity contribution < 1.29 is 13.9 Å². The van der Waals surface area contributed by atoms with Crippen molar-refractivity contribution in [3.8, 4) is 6.01 Å². The topological polar surface area (TPSA) is 69.4 Å². The van der Waals surface area contributed by atoms with Gasteiger partial charge >= 0.3 is 6.01 Å². The first-order valence-electron chi connectivity index (χ1n) is 16.0. The highest BCUT2D eigenvalue weighted by Gasteiger charge is 2.35. The number of hydrogen-bond donors (Lipinski definition) is 0. The maximum atomic E-state index is 12.8. The predicted molar refractivity (Wildman–Crippen MR) is 176 cm³/mol. The summed E-state index contributed by atoms with van der Waals surface area (Å²) in [5, 5.41) is 2.48. The van der Waals surface area contributed by atoms with Gasteiger partial charge in [0, 0.05) is 67.5 Å². The van der Waals surface area contributed by atoms with Gasteiger partial charge in [0.1, 0.15) is 25.1 Å². The summed E-state index contributed by atoms with van der Waals surface area (Å²) in [6.45, 7) is 18.1. The number of halogens is 1. The lowest BCUT2D eigenvalue weighted by Crippen LogP contribution is -2.56. The van der Waals surface area contributed by atoms with Gasteiger partial charge in [0.05, 0.1) is 12.2 Å². The number of rotatable bonds is 9. The summed E-state index contributed by atoms with van der Waals surface area (Å²) < 4.78 is 19.1. The molecule has 0 saturated carbocycles. The lowest BCUT2D eigenvalue weighted by atomic mass is 9.99. The molecule has 0 spiro atoms. The molecule has 0 radical (unpaired) electrons. The Bertz CT molecular complexity index is 1610. The second-order valence-corrected chi connectivity index (χ2v) is 12.5. The average molecular weight is 612 g/mol. The summed E-state index contributed by atoms with van der Waals surface area (Å²) in [5.74, 6) is 0.574. The first-order chi connectivity index (χ1) is 21.9. The Kier molecular flexibility index (Phi) is 9.17. The van der Waals surface area contributed by atoms with Gasteiger partial charge in [-0.15, -0.1) is 0 Å². The van der Waals surface area contributed by atoms with Crippen LogP contribution in [0.3, 0.4) is 0 Å². The van der Waals surface area contributed by atoms with Crippen molar-refractivity contribution in [3.63, 3.8) is 0 Å². The predicted octanol–water partition coefficient (Wildman–Crippen LogP) is 4.82. The number of carbonyl (C=O) groups is 1. The number of likely N-dealkylation sites (tertiary alicyclic amines) is 1. The number of piperazine rings is 1. The number of carbonyl (C=O) groups excluding carboxylic acids is 1. The highest BCUT2D eigenvalue weighted by Crippen LogP contribution is 2.36. The molecule has 1 unspecified atom stereocenters. The van der Waals surface area contributed by atoms with E-state index in [1.807, 2.05) is 0 Å². The number of aryl methyl sites for hydroxylation is 1. The van der Waals surface area contributed by atoms with Gasteiger partial charge in [-0.25, -0.2) is 11.0 Å². The van der Waals surface area contributed by atoms with Crippen LogP contribution in [0.2, 0.25) is 0 Å². The number of benzene rings is 2. The molecule has 9 nitrogen and oxygen atoms in total. The quantitative estimate of drug-likeness (QED) is 0.254. The lowest BCUT2D eigenvalue weighted by Gasteiger charge is -2.43. The summed E-state index contributed by atoms with van der Waals surface area (Å²) in [5.41, 5.74) is 4.50. The second kappa shape index (κ2) is 13.4. The zero-order chi connectivity index (χ0) is 31.5. The molecular weight excluding hydrogens is 569 g/mol. The Labute approximate surface area is 265 Å². The molecule has 2 fully saturated rings. The number of nitrogens with zero attached hydrogens (tertiary/aromatic N) is 7. The van der Waals surface area contributed by atoms with Crippen molar-refractivity contribution in [2.75, 3.05) is 62.3 Å². The van der Waals surface area contributed by atoms with E-state index < -0.39 is 6.67 Å². The molecule has 236 valence electrons. The van der Waals surface area contributed by atoms with E-state index in [-0.39, 0.29) is 18.5 Å². The molecule has 10 heteroatoms. The van der Waals surface area contributed by atoms with Crippen LogP contribution in [0.25, 0.3) is 15.6 Å². The summed E-state index contributed by atoms with van der Waals surface area (Å²) in [6, 6.07) is 13.8. The van der Waals surface area contributed by atoms with E-state index in [1.54, 1.807) is 4.90 Å². The highest BCUT2D eigenvalue weighted by atomic mass is 19.1. The summed E-state index contributed by atoms with van der Waals surface area (Å²) in [4.78, 5) is 35.2. The van der Waals surface area contributed by atoms with E-state index in [1.165, 1.54) is 34.2 Å². The smallest absolute Gasteiger partial charge is 0.318 e. The monoisotopic (exact) mass is 611 g/mol. The number of aromatic nitrogens is 2. The van der Waals surface area contributed by atoms with Gasteiger partial charge in [-0.3, -0.25) is 9.69 Å². The zero-order valence-corrected chi connectivity index (χ0v) is 26.5. The number of fused-ring (bicyclic) bond motifs is 2. The molecular formula is C35H42FN7O2. The van der Waals surface area contributed by atoms with Crippen LogP contribution in [-0.4, -0.2) is 96.4 Å².